The number of benzene rings is 1. The van der Waals surface area contributed by atoms with Crippen molar-refractivity contribution in [1.29, 1.82) is 0 Å². The van der Waals surface area contributed by atoms with Gasteiger partial charge in [0.1, 0.15) is 0 Å². The SMILES string of the molecule is NC1=CCC(SSc2ccc(N)cc2)C=C1. The van der Waals surface area contributed by atoms with Crippen LogP contribution in [0.25, 0.3) is 0 Å². The molecule has 4 heteroatoms. The lowest BCUT2D eigenvalue weighted by Gasteiger charge is -2.13. The van der Waals surface area contributed by atoms with Crippen molar-refractivity contribution < 1.29 is 0 Å². The van der Waals surface area contributed by atoms with Gasteiger partial charge in [-0.15, -0.1) is 0 Å². The van der Waals surface area contributed by atoms with Gasteiger partial charge in [0.2, 0.25) is 0 Å². The lowest BCUT2D eigenvalue weighted by Crippen LogP contribution is -2.04. The van der Waals surface area contributed by atoms with E-state index in [-0.39, 0.29) is 0 Å². The first-order valence-corrected chi connectivity index (χ1v) is 7.28. The van der Waals surface area contributed by atoms with Crippen LogP contribution in [0.4, 0.5) is 5.69 Å². The van der Waals surface area contributed by atoms with Crippen molar-refractivity contribution in [3.8, 4) is 0 Å². The Morgan fingerprint density at radius 1 is 1.12 bits per heavy atom. The summed E-state index contributed by atoms with van der Waals surface area (Å²) in [6.45, 7) is 0. The Morgan fingerprint density at radius 3 is 2.50 bits per heavy atom. The summed E-state index contributed by atoms with van der Waals surface area (Å²) >= 11 is 0. The maximum Gasteiger partial charge on any atom is 0.0373 e. The second-order valence-corrected chi connectivity index (χ2v) is 6.10. The fraction of sp³-hybridized carbons (Fsp3) is 0.167. The zero-order valence-corrected chi connectivity index (χ0v) is 10.4. The molecule has 1 aliphatic carbocycles. The van der Waals surface area contributed by atoms with Crippen molar-refractivity contribution in [2.45, 2.75) is 16.6 Å². The van der Waals surface area contributed by atoms with Crippen molar-refractivity contribution in [3.63, 3.8) is 0 Å². The molecule has 0 saturated carbocycles. The maximum absolute atomic E-state index is 5.67. The van der Waals surface area contributed by atoms with Crippen molar-refractivity contribution in [1.82, 2.24) is 0 Å². The fourth-order valence-electron chi connectivity index (χ4n) is 1.33. The molecule has 1 atom stereocenters. The van der Waals surface area contributed by atoms with Gasteiger partial charge in [-0.05, 0) is 36.8 Å². The highest BCUT2D eigenvalue weighted by atomic mass is 33.1. The summed E-state index contributed by atoms with van der Waals surface area (Å²) in [5, 5.41) is 0.509. The van der Waals surface area contributed by atoms with Crippen LogP contribution in [0.3, 0.4) is 0 Å². The Labute approximate surface area is 104 Å². The van der Waals surface area contributed by atoms with Gasteiger partial charge in [0, 0.05) is 21.5 Å². The smallest absolute Gasteiger partial charge is 0.0373 e. The Hall–Kier alpha value is -1.00. The Balaban J connectivity index is 1.84. The molecule has 1 aliphatic rings. The van der Waals surface area contributed by atoms with E-state index in [1.807, 2.05) is 41.1 Å². The lowest BCUT2D eigenvalue weighted by molar-refractivity contribution is 1.03. The molecule has 2 nitrogen and oxygen atoms in total. The van der Waals surface area contributed by atoms with Crippen molar-refractivity contribution in [2.24, 2.45) is 5.73 Å². The third-order valence-corrected chi connectivity index (χ3v) is 5.00. The molecule has 2 rings (SSSR count). The normalized spacial score (nSPS) is 19.5. The van der Waals surface area contributed by atoms with E-state index in [1.54, 1.807) is 10.8 Å². The van der Waals surface area contributed by atoms with Gasteiger partial charge in [0.25, 0.3) is 0 Å². The summed E-state index contributed by atoms with van der Waals surface area (Å²) in [5.41, 5.74) is 13.0. The van der Waals surface area contributed by atoms with Gasteiger partial charge in [-0.1, -0.05) is 33.7 Å². The second-order valence-electron chi connectivity index (χ2n) is 3.59. The summed E-state index contributed by atoms with van der Waals surface area (Å²) in [7, 11) is 3.62. The van der Waals surface area contributed by atoms with E-state index >= 15 is 0 Å². The molecular weight excluding hydrogens is 236 g/mol. The molecule has 1 unspecified atom stereocenters. The number of nitrogens with two attached hydrogens (primary N) is 2. The first-order valence-electron chi connectivity index (χ1n) is 5.07. The van der Waals surface area contributed by atoms with Crippen LogP contribution in [0.5, 0.6) is 0 Å². The highest BCUT2D eigenvalue weighted by Crippen LogP contribution is 2.37. The van der Waals surface area contributed by atoms with Gasteiger partial charge in [-0.3, -0.25) is 0 Å². The van der Waals surface area contributed by atoms with E-state index in [9.17, 15) is 0 Å². The number of hydrogen-bond donors (Lipinski definition) is 2. The van der Waals surface area contributed by atoms with Gasteiger partial charge in [0.15, 0.2) is 0 Å². The minimum atomic E-state index is 0.509. The minimum absolute atomic E-state index is 0.509. The Kier molecular flexibility index (Phi) is 3.85. The number of hydrogen-bond acceptors (Lipinski definition) is 4. The average molecular weight is 250 g/mol. The van der Waals surface area contributed by atoms with Crippen LogP contribution >= 0.6 is 21.6 Å². The molecule has 84 valence electrons. The fourth-order valence-corrected chi connectivity index (χ4v) is 3.59. The molecule has 1 aromatic carbocycles. The summed E-state index contributed by atoms with van der Waals surface area (Å²) in [4.78, 5) is 1.23. The number of rotatable bonds is 3. The lowest BCUT2D eigenvalue weighted by atomic mass is 10.1. The highest BCUT2D eigenvalue weighted by molar-refractivity contribution is 8.77. The first-order chi connectivity index (χ1) is 7.74. The van der Waals surface area contributed by atoms with E-state index in [0.717, 1.165) is 17.8 Å². The van der Waals surface area contributed by atoms with E-state index in [2.05, 4.69) is 12.2 Å². The zero-order chi connectivity index (χ0) is 11.4. The second kappa shape index (κ2) is 5.37. The number of allylic oxidation sites excluding steroid dienone is 2. The minimum Gasteiger partial charge on any atom is -0.399 e. The molecular formula is C12H14N2S2. The molecule has 0 bridgehead atoms. The summed E-state index contributed by atoms with van der Waals surface area (Å²) in [6.07, 6.45) is 7.21. The van der Waals surface area contributed by atoms with Crippen LogP contribution in [0.1, 0.15) is 6.42 Å². The number of anilines is 1. The van der Waals surface area contributed by atoms with Crippen LogP contribution < -0.4 is 11.5 Å². The highest BCUT2D eigenvalue weighted by Gasteiger charge is 2.08. The van der Waals surface area contributed by atoms with Crippen LogP contribution in [-0.4, -0.2) is 5.25 Å². The van der Waals surface area contributed by atoms with Crippen LogP contribution in [0.2, 0.25) is 0 Å². The maximum atomic E-state index is 5.67. The van der Waals surface area contributed by atoms with E-state index < -0.39 is 0 Å². The van der Waals surface area contributed by atoms with Gasteiger partial charge in [-0.2, -0.15) is 0 Å². The van der Waals surface area contributed by atoms with Crippen molar-refractivity contribution in [2.75, 3.05) is 5.73 Å². The molecule has 16 heavy (non-hydrogen) atoms. The zero-order valence-electron chi connectivity index (χ0n) is 8.80. The summed E-state index contributed by atoms with van der Waals surface area (Å²) in [6, 6.07) is 7.95. The first kappa shape index (κ1) is 11.5. The molecule has 0 amide bonds. The third-order valence-electron chi connectivity index (χ3n) is 2.24. The molecule has 4 N–H and O–H groups in total. The van der Waals surface area contributed by atoms with Crippen molar-refractivity contribution >= 4 is 27.3 Å². The topological polar surface area (TPSA) is 52.0 Å². The molecule has 0 saturated heterocycles. The predicted octanol–water partition coefficient (Wildman–Crippen LogP) is 3.18. The Bertz CT molecular complexity index is 410. The van der Waals surface area contributed by atoms with E-state index in [1.165, 1.54) is 4.90 Å². The van der Waals surface area contributed by atoms with Crippen LogP contribution in [0.15, 0.2) is 53.1 Å². The van der Waals surface area contributed by atoms with Crippen LogP contribution in [0, 0.1) is 0 Å². The Morgan fingerprint density at radius 2 is 1.88 bits per heavy atom. The molecule has 0 spiro atoms. The van der Waals surface area contributed by atoms with Crippen molar-refractivity contribution in [3.05, 3.63) is 48.2 Å². The summed E-state index contributed by atoms with van der Waals surface area (Å²) < 4.78 is 0. The largest absolute Gasteiger partial charge is 0.399 e. The number of nitrogen functional groups attached to an aromatic ring is 1. The van der Waals surface area contributed by atoms with E-state index in [0.29, 0.717) is 5.25 Å². The average Bonchev–Trinajstić information content (AvgIpc) is 2.30. The molecule has 0 aromatic heterocycles. The molecule has 0 radical (unpaired) electrons. The van der Waals surface area contributed by atoms with Gasteiger partial charge >= 0.3 is 0 Å². The quantitative estimate of drug-likeness (QED) is 0.639. The molecule has 0 heterocycles. The standard InChI is InChI=1S/C12H14N2S2/c13-9-1-5-11(6-2-9)15-16-12-7-3-10(14)4-8-12/h1-7,12H,8,13-14H2. The third kappa shape index (κ3) is 3.25. The van der Waals surface area contributed by atoms with Crippen LogP contribution in [-0.2, 0) is 0 Å². The predicted molar refractivity (Wildman–Crippen MR) is 74.1 cm³/mol. The van der Waals surface area contributed by atoms with Gasteiger partial charge < -0.3 is 11.5 Å². The monoisotopic (exact) mass is 250 g/mol. The molecule has 0 aliphatic heterocycles. The summed E-state index contributed by atoms with van der Waals surface area (Å²) in [5.74, 6) is 0. The van der Waals surface area contributed by atoms with Gasteiger partial charge in [-0.25, -0.2) is 0 Å². The molecule has 1 aromatic rings. The van der Waals surface area contributed by atoms with Gasteiger partial charge in [0.05, 0.1) is 0 Å². The molecule has 0 fully saturated rings. The van der Waals surface area contributed by atoms with E-state index in [4.69, 9.17) is 11.5 Å².